The van der Waals surface area contributed by atoms with Gasteiger partial charge in [0, 0.05) is 25.0 Å². The highest BCUT2D eigenvalue weighted by Gasteiger charge is 2.14. The lowest BCUT2D eigenvalue weighted by Gasteiger charge is -2.19. The van der Waals surface area contributed by atoms with E-state index < -0.39 is 0 Å². The number of hydrogen-bond acceptors (Lipinski definition) is 4. The lowest BCUT2D eigenvalue weighted by molar-refractivity contribution is 0.559. The maximum absolute atomic E-state index is 4.84. The van der Waals surface area contributed by atoms with Crippen LogP contribution in [-0.4, -0.2) is 25.1 Å². The standard InChI is InChI=1S/C15H29N3S/c1-6-9-13-14(10-16-8-3)19-15(17-13)18(5)11-12(4)7-2/h12,16H,6-11H2,1-5H3. The van der Waals surface area contributed by atoms with E-state index in [1.807, 2.05) is 11.3 Å². The van der Waals surface area contributed by atoms with E-state index in [0.29, 0.717) is 0 Å². The van der Waals surface area contributed by atoms with E-state index in [9.17, 15) is 0 Å². The summed E-state index contributed by atoms with van der Waals surface area (Å²) in [7, 11) is 2.16. The number of nitrogens with zero attached hydrogens (tertiary/aromatic N) is 2. The van der Waals surface area contributed by atoms with Crippen LogP contribution < -0.4 is 10.2 Å². The van der Waals surface area contributed by atoms with Crippen LogP contribution in [0.25, 0.3) is 0 Å². The molecule has 0 fully saturated rings. The highest BCUT2D eigenvalue weighted by Crippen LogP contribution is 2.27. The molecule has 0 saturated heterocycles. The maximum atomic E-state index is 4.84. The highest BCUT2D eigenvalue weighted by atomic mass is 32.1. The molecule has 0 aliphatic rings. The van der Waals surface area contributed by atoms with E-state index in [1.165, 1.54) is 22.1 Å². The van der Waals surface area contributed by atoms with Gasteiger partial charge in [0.05, 0.1) is 5.69 Å². The number of thiazole rings is 1. The van der Waals surface area contributed by atoms with E-state index in [4.69, 9.17) is 4.98 Å². The zero-order chi connectivity index (χ0) is 14.3. The van der Waals surface area contributed by atoms with Crippen LogP contribution in [0.2, 0.25) is 0 Å². The van der Waals surface area contributed by atoms with Crippen molar-refractivity contribution in [3.8, 4) is 0 Å². The van der Waals surface area contributed by atoms with Gasteiger partial charge in [0.1, 0.15) is 0 Å². The summed E-state index contributed by atoms with van der Waals surface area (Å²) in [6, 6.07) is 0. The molecule has 0 spiro atoms. The van der Waals surface area contributed by atoms with E-state index in [1.54, 1.807) is 0 Å². The lowest BCUT2D eigenvalue weighted by Crippen LogP contribution is -2.23. The summed E-state index contributed by atoms with van der Waals surface area (Å²) in [6.07, 6.45) is 3.48. The molecule has 1 atom stereocenters. The Bertz CT molecular complexity index is 362. The Hall–Kier alpha value is -0.610. The van der Waals surface area contributed by atoms with Gasteiger partial charge in [-0.15, -0.1) is 11.3 Å². The first-order valence-corrected chi connectivity index (χ1v) is 8.34. The number of rotatable bonds is 9. The van der Waals surface area contributed by atoms with Crippen LogP contribution in [0.5, 0.6) is 0 Å². The molecule has 1 aromatic rings. The van der Waals surface area contributed by atoms with Crippen LogP contribution in [0.1, 0.15) is 51.1 Å². The molecule has 1 rings (SSSR count). The Kier molecular flexibility index (Phi) is 7.39. The summed E-state index contributed by atoms with van der Waals surface area (Å²) in [5, 5.41) is 4.60. The average molecular weight is 283 g/mol. The monoisotopic (exact) mass is 283 g/mol. The van der Waals surface area contributed by atoms with Gasteiger partial charge in [0.2, 0.25) is 0 Å². The fraction of sp³-hybridized carbons (Fsp3) is 0.800. The molecule has 0 aliphatic carbocycles. The third-order valence-corrected chi connectivity index (χ3v) is 4.61. The first-order valence-electron chi connectivity index (χ1n) is 7.52. The van der Waals surface area contributed by atoms with Crippen molar-refractivity contribution in [2.45, 2.75) is 53.5 Å². The zero-order valence-corrected chi connectivity index (χ0v) is 13.9. The molecule has 19 heavy (non-hydrogen) atoms. The summed E-state index contributed by atoms with van der Waals surface area (Å²) in [6.45, 7) is 12.0. The van der Waals surface area contributed by atoms with E-state index >= 15 is 0 Å². The predicted octanol–water partition coefficient (Wildman–Crippen LogP) is 3.69. The molecule has 0 aliphatic heterocycles. The molecule has 110 valence electrons. The molecular weight excluding hydrogens is 254 g/mol. The number of aromatic nitrogens is 1. The number of aryl methyl sites for hydroxylation is 1. The lowest BCUT2D eigenvalue weighted by atomic mass is 10.1. The van der Waals surface area contributed by atoms with Gasteiger partial charge in [-0.3, -0.25) is 0 Å². The third kappa shape index (κ3) is 5.11. The number of anilines is 1. The fourth-order valence-electron chi connectivity index (χ4n) is 2.02. The van der Waals surface area contributed by atoms with Crippen LogP contribution in [-0.2, 0) is 13.0 Å². The molecule has 0 bridgehead atoms. The molecular formula is C15H29N3S. The third-order valence-electron chi connectivity index (χ3n) is 3.40. The summed E-state index contributed by atoms with van der Waals surface area (Å²) in [4.78, 5) is 8.57. The summed E-state index contributed by atoms with van der Waals surface area (Å²) in [5.41, 5.74) is 1.29. The van der Waals surface area contributed by atoms with Gasteiger partial charge >= 0.3 is 0 Å². The van der Waals surface area contributed by atoms with Crippen molar-refractivity contribution < 1.29 is 0 Å². The van der Waals surface area contributed by atoms with E-state index in [0.717, 1.165) is 38.4 Å². The molecule has 0 aromatic carbocycles. The predicted molar refractivity (Wildman–Crippen MR) is 86.2 cm³/mol. The summed E-state index contributed by atoms with van der Waals surface area (Å²) < 4.78 is 0. The zero-order valence-electron chi connectivity index (χ0n) is 13.1. The van der Waals surface area contributed by atoms with Crippen LogP contribution in [0.15, 0.2) is 0 Å². The second-order valence-electron chi connectivity index (χ2n) is 5.29. The molecule has 1 aromatic heterocycles. The number of nitrogens with one attached hydrogen (secondary N) is 1. The van der Waals surface area contributed by atoms with Gasteiger partial charge in [-0.25, -0.2) is 4.98 Å². The van der Waals surface area contributed by atoms with Crippen molar-refractivity contribution in [1.29, 1.82) is 0 Å². The molecule has 1 heterocycles. The van der Waals surface area contributed by atoms with Crippen molar-refractivity contribution in [2.75, 3.05) is 25.0 Å². The SMILES string of the molecule is CCCc1nc(N(C)CC(C)CC)sc1CNCC. The maximum Gasteiger partial charge on any atom is 0.185 e. The van der Waals surface area contributed by atoms with Crippen molar-refractivity contribution in [1.82, 2.24) is 10.3 Å². The van der Waals surface area contributed by atoms with Crippen LogP contribution in [0.3, 0.4) is 0 Å². The minimum Gasteiger partial charge on any atom is -0.351 e. The Morgan fingerprint density at radius 2 is 2.05 bits per heavy atom. The van der Waals surface area contributed by atoms with E-state index in [-0.39, 0.29) is 0 Å². The molecule has 4 heteroatoms. The van der Waals surface area contributed by atoms with E-state index in [2.05, 4.69) is 45.0 Å². The molecule has 1 unspecified atom stereocenters. The topological polar surface area (TPSA) is 28.2 Å². The van der Waals surface area contributed by atoms with Crippen molar-refractivity contribution in [3.05, 3.63) is 10.6 Å². The van der Waals surface area contributed by atoms with Gasteiger partial charge in [-0.2, -0.15) is 0 Å². The quantitative estimate of drug-likeness (QED) is 0.749. The normalized spacial score (nSPS) is 12.7. The fourth-order valence-corrected chi connectivity index (χ4v) is 3.06. The Labute approximate surface area is 122 Å². The van der Waals surface area contributed by atoms with Gasteiger partial charge in [0.25, 0.3) is 0 Å². The Balaban J connectivity index is 2.77. The minimum atomic E-state index is 0.723. The first kappa shape index (κ1) is 16.4. The summed E-state index contributed by atoms with van der Waals surface area (Å²) >= 11 is 1.85. The van der Waals surface area contributed by atoms with Gasteiger partial charge in [0.15, 0.2) is 5.13 Å². The summed E-state index contributed by atoms with van der Waals surface area (Å²) in [5.74, 6) is 0.723. The Morgan fingerprint density at radius 3 is 2.63 bits per heavy atom. The van der Waals surface area contributed by atoms with Crippen LogP contribution >= 0.6 is 11.3 Å². The van der Waals surface area contributed by atoms with Gasteiger partial charge in [-0.05, 0) is 18.9 Å². The van der Waals surface area contributed by atoms with Crippen molar-refractivity contribution in [3.63, 3.8) is 0 Å². The largest absolute Gasteiger partial charge is 0.351 e. The first-order chi connectivity index (χ1) is 9.12. The molecule has 3 nitrogen and oxygen atoms in total. The second-order valence-corrected chi connectivity index (χ2v) is 6.35. The molecule has 0 radical (unpaired) electrons. The smallest absolute Gasteiger partial charge is 0.185 e. The highest BCUT2D eigenvalue weighted by molar-refractivity contribution is 7.15. The average Bonchev–Trinajstić information content (AvgIpc) is 2.80. The van der Waals surface area contributed by atoms with Crippen LogP contribution in [0, 0.1) is 5.92 Å². The van der Waals surface area contributed by atoms with Gasteiger partial charge < -0.3 is 10.2 Å². The van der Waals surface area contributed by atoms with Crippen molar-refractivity contribution >= 4 is 16.5 Å². The molecule has 1 N–H and O–H groups in total. The molecule has 0 saturated carbocycles. The van der Waals surface area contributed by atoms with Gasteiger partial charge in [-0.1, -0.05) is 40.5 Å². The molecule has 0 amide bonds. The van der Waals surface area contributed by atoms with Crippen molar-refractivity contribution in [2.24, 2.45) is 5.92 Å². The second kappa shape index (κ2) is 8.54. The van der Waals surface area contributed by atoms with Crippen LogP contribution in [0.4, 0.5) is 5.13 Å². The number of hydrogen-bond donors (Lipinski definition) is 1. The Morgan fingerprint density at radius 1 is 1.32 bits per heavy atom. The minimum absolute atomic E-state index is 0.723.